The van der Waals surface area contributed by atoms with Crippen LogP contribution in [-0.4, -0.2) is 25.0 Å². The lowest BCUT2D eigenvalue weighted by atomic mass is 10.1. The summed E-state index contributed by atoms with van der Waals surface area (Å²) >= 11 is 0. The summed E-state index contributed by atoms with van der Waals surface area (Å²) in [5.74, 6) is -0.232. The molecule has 5 rings (SSSR count). The van der Waals surface area contributed by atoms with Crippen molar-refractivity contribution >= 4 is 16.8 Å². The van der Waals surface area contributed by atoms with E-state index in [0.29, 0.717) is 24.4 Å². The number of amides is 1. The largest absolute Gasteiger partial charge is 0.349 e. The first-order valence-corrected chi connectivity index (χ1v) is 12.4. The van der Waals surface area contributed by atoms with Gasteiger partial charge in [-0.15, -0.1) is 0 Å². The zero-order valence-electron chi connectivity index (χ0n) is 20.8. The molecular formula is C30H29N5O2. The Morgan fingerprint density at radius 1 is 0.946 bits per heavy atom. The molecule has 0 radical (unpaired) electrons. The summed E-state index contributed by atoms with van der Waals surface area (Å²) in [6, 6.07) is 23.7. The Kier molecular flexibility index (Phi) is 7.21. The number of rotatable bonds is 9. The minimum Gasteiger partial charge on any atom is -0.349 e. The van der Waals surface area contributed by atoms with Crippen molar-refractivity contribution in [2.24, 2.45) is 7.05 Å². The SMILES string of the molecule is Cn1c(CNC(=O)Cn2c(-c3ccccc3)cnc(CCCc3ccccc3)c2=O)cc2cnccc21. The van der Waals surface area contributed by atoms with Gasteiger partial charge in [-0.1, -0.05) is 60.7 Å². The summed E-state index contributed by atoms with van der Waals surface area (Å²) in [7, 11) is 1.96. The molecule has 37 heavy (non-hydrogen) atoms. The first-order chi connectivity index (χ1) is 18.1. The lowest BCUT2D eigenvalue weighted by Crippen LogP contribution is -2.35. The third-order valence-electron chi connectivity index (χ3n) is 6.63. The van der Waals surface area contributed by atoms with Crippen molar-refractivity contribution in [1.82, 2.24) is 24.4 Å². The predicted octanol–water partition coefficient (Wildman–Crippen LogP) is 4.29. The number of fused-ring (bicyclic) bond motifs is 1. The molecule has 7 heteroatoms. The summed E-state index contributed by atoms with van der Waals surface area (Å²) < 4.78 is 3.58. The molecule has 3 aromatic heterocycles. The monoisotopic (exact) mass is 491 g/mol. The van der Waals surface area contributed by atoms with Gasteiger partial charge in [0.1, 0.15) is 12.2 Å². The summed E-state index contributed by atoms with van der Waals surface area (Å²) in [4.78, 5) is 35.2. The van der Waals surface area contributed by atoms with Gasteiger partial charge in [0, 0.05) is 30.5 Å². The van der Waals surface area contributed by atoms with Crippen LogP contribution in [0.2, 0.25) is 0 Å². The summed E-state index contributed by atoms with van der Waals surface area (Å²) in [6.45, 7) is 0.275. The zero-order valence-corrected chi connectivity index (χ0v) is 20.8. The molecule has 3 heterocycles. The Morgan fingerprint density at radius 3 is 2.46 bits per heavy atom. The van der Waals surface area contributed by atoms with Crippen molar-refractivity contribution in [3.63, 3.8) is 0 Å². The van der Waals surface area contributed by atoms with E-state index in [0.717, 1.165) is 35.0 Å². The van der Waals surface area contributed by atoms with E-state index >= 15 is 0 Å². The molecule has 5 aromatic rings. The van der Waals surface area contributed by atoms with Crippen LogP contribution in [0.25, 0.3) is 22.2 Å². The number of hydrogen-bond acceptors (Lipinski definition) is 4. The van der Waals surface area contributed by atoms with Gasteiger partial charge in [-0.05, 0) is 42.5 Å². The Labute approximate surface area is 215 Å². The molecule has 0 fully saturated rings. The fourth-order valence-electron chi connectivity index (χ4n) is 4.61. The normalized spacial score (nSPS) is 11.1. The fourth-order valence-corrected chi connectivity index (χ4v) is 4.61. The molecule has 2 aromatic carbocycles. The summed E-state index contributed by atoms with van der Waals surface area (Å²) in [6.07, 6.45) is 7.49. The van der Waals surface area contributed by atoms with Crippen LogP contribution in [0.15, 0.2) is 96.2 Å². The molecule has 0 spiro atoms. The van der Waals surface area contributed by atoms with Crippen molar-refractivity contribution < 1.29 is 4.79 Å². The van der Waals surface area contributed by atoms with Crippen LogP contribution in [0.1, 0.15) is 23.4 Å². The minimum absolute atomic E-state index is 0.0806. The Balaban J connectivity index is 1.35. The molecule has 0 aliphatic heterocycles. The van der Waals surface area contributed by atoms with Crippen molar-refractivity contribution in [1.29, 1.82) is 0 Å². The van der Waals surface area contributed by atoms with Gasteiger partial charge in [0.2, 0.25) is 5.91 Å². The van der Waals surface area contributed by atoms with Crippen LogP contribution in [0.3, 0.4) is 0 Å². The van der Waals surface area contributed by atoms with Crippen LogP contribution in [0.5, 0.6) is 0 Å². The topological polar surface area (TPSA) is 81.8 Å². The molecule has 7 nitrogen and oxygen atoms in total. The number of nitrogens with one attached hydrogen (secondary N) is 1. The third-order valence-corrected chi connectivity index (χ3v) is 6.63. The Bertz CT molecular complexity index is 1570. The standard InChI is InChI=1S/C30H29N5O2/c1-34-25(17-24-18-31-16-15-27(24)34)19-33-29(36)21-35-28(23-12-6-3-7-13-23)20-32-26(30(35)37)14-8-11-22-9-4-2-5-10-22/h2-7,9-10,12-13,15-18,20H,8,11,14,19,21H2,1H3,(H,33,36). The van der Waals surface area contributed by atoms with Crippen LogP contribution in [0.4, 0.5) is 0 Å². The molecular weight excluding hydrogens is 462 g/mol. The lowest BCUT2D eigenvalue weighted by Gasteiger charge is -2.15. The maximum atomic E-state index is 13.5. The highest BCUT2D eigenvalue weighted by molar-refractivity contribution is 5.81. The van der Waals surface area contributed by atoms with Crippen molar-refractivity contribution in [2.45, 2.75) is 32.4 Å². The van der Waals surface area contributed by atoms with Crippen LogP contribution in [-0.2, 0) is 37.8 Å². The van der Waals surface area contributed by atoms with Crippen LogP contribution < -0.4 is 10.9 Å². The van der Waals surface area contributed by atoms with Gasteiger partial charge < -0.3 is 9.88 Å². The average Bonchev–Trinajstić information content (AvgIpc) is 3.26. The van der Waals surface area contributed by atoms with Gasteiger partial charge in [0.15, 0.2) is 0 Å². The molecule has 1 N–H and O–H groups in total. The first-order valence-electron chi connectivity index (χ1n) is 12.4. The third kappa shape index (κ3) is 5.51. The van der Waals surface area contributed by atoms with E-state index in [4.69, 9.17) is 0 Å². The quantitative estimate of drug-likeness (QED) is 0.334. The number of aromatic nitrogens is 4. The van der Waals surface area contributed by atoms with Crippen LogP contribution >= 0.6 is 0 Å². The number of nitrogens with zero attached hydrogens (tertiary/aromatic N) is 4. The Hall–Kier alpha value is -4.52. The Morgan fingerprint density at radius 2 is 1.70 bits per heavy atom. The fraction of sp³-hybridized carbons (Fsp3) is 0.200. The van der Waals surface area contributed by atoms with Crippen molar-refractivity contribution in [3.8, 4) is 11.3 Å². The number of carbonyl (C=O) groups excluding carboxylic acids is 1. The maximum absolute atomic E-state index is 13.5. The van der Waals surface area contributed by atoms with E-state index in [-0.39, 0.29) is 18.0 Å². The highest BCUT2D eigenvalue weighted by atomic mass is 16.2. The smallest absolute Gasteiger partial charge is 0.273 e. The molecule has 0 bridgehead atoms. The molecule has 0 unspecified atom stereocenters. The highest BCUT2D eigenvalue weighted by Gasteiger charge is 2.15. The molecule has 0 saturated carbocycles. The zero-order chi connectivity index (χ0) is 25.6. The second-order valence-electron chi connectivity index (χ2n) is 9.09. The maximum Gasteiger partial charge on any atom is 0.273 e. The van der Waals surface area contributed by atoms with E-state index in [1.165, 1.54) is 5.56 Å². The van der Waals surface area contributed by atoms with E-state index in [2.05, 4.69) is 27.4 Å². The first kappa shape index (κ1) is 24.2. The molecule has 0 aliphatic rings. The van der Waals surface area contributed by atoms with E-state index in [1.807, 2.05) is 78.5 Å². The minimum atomic E-state index is -0.232. The summed E-state index contributed by atoms with van der Waals surface area (Å²) in [5.41, 5.74) is 4.97. The molecule has 0 aliphatic carbocycles. The average molecular weight is 492 g/mol. The van der Waals surface area contributed by atoms with E-state index < -0.39 is 0 Å². The van der Waals surface area contributed by atoms with Crippen molar-refractivity contribution in [3.05, 3.63) is 119 Å². The van der Waals surface area contributed by atoms with E-state index in [1.54, 1.807) is 17.0 Å². The molecule has 186 valence electrons. The number of hydrogen-bond donors (Lipinski definition) is 1. The van der Waals surface area contributed by atoms with Gasteiger partial charge >= 0.3 is 0 Å². The van der Waals surface area contributed by atoms with Crippen LogP contribution in [0, 0.1) is 0 Å². The predicted molar refractivity (Wildman–Crippen MR) is 145 cm³/mol. The second kappa shape index (κ2) is 11.0. The van der Waals surface area contributed by atoms with Crippen molar-refractivity contribution in [2.75, 3.05) is 0 Å². The number of aryl methyl sites for hydroxylation is 3. The lowest BCUT2D eigenvalue weighted by molar-refractivity contribution is -0.121. The number of benzene rings is 2. The summed E-state index contributed by atoms with van der Waals surface area (Å²) in [5, 5.41) is 4.00. The van der Waals surface area contributed by atoms with Gasteiger partial charge in [0.05, 0.1) is 24.0 Å². The van der Waals surface area contributed by atoms with E-state index in [9.17, 15) is 9.59 Å². The number of pyridine rings is 1. The molecule has 0 saturated heterocycles. The van der Waals surface area contributed by atoms with Gasteiger partial charge in [-0.2, -0.15) is 0 Å². The number of carbonyl (C=O) groups is 1. The second-order valence-corrected chi connectivity index (χ2v) is 9.09. The molecule has 0 atom stereocenters. The molecule has 1 amide bonds. The van der Waals surface area contributed by atoms with Gasteiger partial charge in [-0.3, -0.25) is 24.1 Å². The van der Waals surface area contributed by atoms with Gasteiger partial charge in [0.25, 0.3) is 5.56 Å². The van der Waals surface area contributed by atoms with Gasteiger partial charge in [-0.25, -0.2) is 0 Å². The highest BCUT2D eigenvalue weighted by Crippen LogP contribution is 2.18.